The van der Waals surface area contributed by atoms with Crippen molar-refractivity contribution in [1.29, 1.82) is 0 Å². The molecule has 148 valence electrons. The van der Waals surface area contributed by atoms with E-state index in [-0.39, 0.29) is 5.91 Å². The number of nitrogens with one attached hydrogen (secondary N) is 1. The van der Waals surface area contributed by atoms with Crippen molar-refractivity contribution in [1.82, 2.24) is 24.3 Å². The number of hydrogen-bond donors (Lipinski definition) is 1. The van der Waals surface area contributed by atoms with Crippen LogP contribution in [0.2, 0.25) is 0 Å². The number of rotatable bonds is 8. The van der Waals surface area contributed by atoms with Crippen molar-refractivity contribution in [3.63, 3.8) is 0 Å². The Labute approximate surface area is 169 Å². The van der Waals surface area contributed by atoms with Crippen molar-refractivity contribution in [2.45, 2.75) is 26.5 Å². The SMILES string of the molecule is Cc1cccn2cc(COc3ccc(C(=O)NCCCn4ccnc4)cc3)nc12. The molecule has 0 aliphatic heterocycles. The molecule has 0 unspecified atom stereocenters. The monoisotopic (exact) mass is 389 g/mol. The molecule has 1 aromatic carbocycles. The maximum absolute atomic E-state index is 12.2. The highest BCUT2D eigenvalue weighted by atomic mass is 16.5. The smallest absolute Gasteiger partial charge is 0.251 e. The van der Waals surface area contributed by atoms with Crippen molar-refractivity contribution < 1.29 is 9.53 Å². The molecule has 1 amide bonds. The van der Waals surface area contributed by atoms with Gasteiger partial charge in [-0.2, -0.15) is 0 Å². The number of benzene rings is 1. The lowest BCUT2D eigenvalue weighted by Gasteiger charge is -2.07. The standard InChI is InChI=1S/C22H23N5O2/c1-17-4-2-12-27-14-19(25-21(17)27)15-29-20-7-5-18(6-8-20)22(28)24-9-3-11-26-13-10-23-16-26/h2,4-8,10,12-14,16H,3,9,11,15H2,1H3,(H,24,28). The van der Waals surface area contributed by atoms with Crippen molar-refractivity contribution >= 4 is 11.6 Å². The van der Waals surface area contributed by atoms with Crippen LogP contribution in [0.25, 0.3) is 5.65 Å². The van der Waals surface area contributed by atoms with Gasteiger partial charge in [-0.15, -0.1) is 0 Å². The van der Waals surface area contributed by atoms with Gasteiger partial charge in [0.15, 0.2) is 0 Å². The van der Waals surface area contributed by atoms with E-state index in [2.05, 4.69) is 15.3 Å². The Morgan fingerprint density at radius 2 is 2.03 bits per heavy atom. The number of nitrogens with zero attached hydrogens (tertiary/aromatic N) is 4. The minimum atomic E-state index is -0.0852. The molecule has 29 heavy (non-hydrogen) atoms. The van der Waals surface area contributed by atoms with Crippen LogP contribution in [0.5, 0.6) is 5.75 Å². The Morgan fingerprint density at radius 1 is 1.17 bits per heavy atom. The quantitative estimate of drug-likeness (QED) is 0.470. The van der Waals surface area contributed by atoms with Crippen LogP contribution in [0.4, 0.5) is 0 Å². The average molecular weight is 389 g/mol. The molecule has 0 aliphatic rings. The highest BCUT2D eigenvalue weighted by Crippen LogP contribution is 2.15. The van der Waals surface area contributed by atoms with Crippen LogP contribution in [0, 0.1) is 6.92 Å². The second-order valence-corrected chi connectivity index (χ2v) is 6.88. The van der Waals surface area contributed by atoms with E-state index < -0.39 is 0 Å². The molecule has 0 saturated heterocycles. The van der Waals surface area contributed by atoms with Gasteiger partial charge in [0.2, 0.25) is 0 Å². The van der Waals surface area contributed by atoms with Gasteiger partial charge in [0.1, 0.15) is 18.0 Å². The Balaban J connectivity index is 1.26. The van der Waals surface area contributed by atoms with Gasteiger partial charge in [-0.1, -0.05) is 6.07 Å². The van der Waals surface area contributed by atoms with E-state index in [1.54, 1.807) is 36.8 Å². The van der Waals surface area contributed by atoms with Gasteiger partial charge < -0.3 is 19.0 Å². The van der Waals surface area contributed by atoms with E-state index in [4.69, 9.17) is 4.74 Å². The summed E-state index contributed by atoms with van der Waals surface area (Å²) >= 11 is 0. The van der Waals surface area contributed by atoms with Crippen molar-refractivity contribution in [3.05, 3.63) is 84.3 Å². The fraction of sp³-hybridized carbons (Fsp3) is 0.227. The molecular formula is C22H23N5O2. The van der Waals surface area contributed by atoms with Gasteiger partial charge in [0.25, 0.3) is 5.91 Å². The molecule has 4 aromatic rings. The summed E-state index contributed by atoms with van der Waals surface area (Å²) in [6.45, 7) is 3.85. The third kappa shape index (κ3) is 4.63. The van der Waals surface area contributed by atoms with Gasteiger partial charge in [-0.3, -0.25) is 4.79 Å². The van der Waals surface area contributed by atoms with Crippen LogP contribution in [0.15, 0.2) is 67.5 Å². The third-order valence-electron chi connectivity index (χ3n) is 4.67. The second kappa shape index (κ2) is 8.60. The van der Waals surface area contributed by atoms with E-state index in [1.165, 1.54) is 0 Å². The van der Waals surface area contributed by atoms with Crippen molar-refractivity contribution in [2.24, 2.45) is 0 Å². The lowest BCUT2D eigenvalue weighted by molar-refractivity contribution is 0.0952. The number of carbonyl (C=O) groups is 1. The number of imidazole rings is 2. The zero-order valence-corrected chi connectivity index (χ0v) is 16.3. The molecule has 0 saturated carbocycles. The summed E-state index contributed by atoms with van der Waals surface area (Å²) in [7, 11) is 0. The Bertz CT molecular complexity index is 1080. The fourth-order valence-electron chi connectivity index (χ4n) is 3.12. The molecule has 0 spiro atoms. The molecule has 0 aliphatic carbocycles. The summed E-state index contributed by atoms with van der Waals surface area (Å²) in [6, 6.07) is 11.2. The van der Waals surface area contributed by atoms with Crippen LogP contribution in [0.3, 0.4) is 0 Å². The number of pyridine rings is 1. The predicted molar refractivity (Wildman–Crippen MR) is 110 cm³/mol. The average Bonchev–Trinajstić information content (AvgIpc) is 3.40. The summed E-state index contributed by atoms with van der Waals surface area (Å²) in [5.41, 5.74) is 3.53. The maximum Gasteiger partial charge on any atom is 0.251 e. The van der Waals surface area contributed by atoms with Gasteiger partial charge in [0.05, 0.1) is 12.0 Å². The molecule has 0 bridgehead atoms. The van der Waals surface area contributed by atoms with Crippen molar-refractivity contribution in [3.8, 4) is 5.75 Å². The van der Waals surface area contributed by atoms with Gasteiger partial charge in [0, 0.05) is 43.4 Å². The molecule has 3 aromatic heterocycles. The number of ether oxygens (including phenoxy) is 1. The highest BCUT2D eigenvalue weighted by Gasteiger charge is 2.07. The van der Waals surface area contributed by atoms with Crippen LogP contribution in [0.1, 0.15) is 28.0 Å². The molecule has 7 nitrogen and oxygen atoms in total. The number of amides is 1. The maximum atomic E-state index is 12.2. The molecule has 4 rings (SSSR count). The first-order valence-corrected chi connectivity index (χ1v) is 9.59. The van der Waals surface area contributed by atoms with E-state index in [9.17, 15) is 4.79 Å². The molecule has 0 radical (unpaired) electrons. The second-order valence-electron chi connectivity index (χ2n) is 6.88. The lowest BCUT2D eigenvalue weighted by atomic mass is 10.2. The van der Waals surface area contributed by atoms with E-state index >= 15 is 0 Å². The first-order chi connectivity index (χ1) is 14.2. The fourth-order valence-corrected chi connectivity index (χ4v) is 3.12. The molecule has 7 heteroatoms. The summed E-state index contributed by atoms with van der Waals surface area (Å²) in [6.07, 6.45) is 10.2. The lowest BCUT2D eigenvalue weighted by Crippen LogP contribution is -2.25. The molecule has 0 fully saturated rings. The zero-order chi connectivity index (χ0) is 20.1. The van der Waals surface area contributed by atoms with Crippen LogP contribution < -0.4 is 10.1 Å². The van der Waals surface area contributed by atoms with Crippen LogP contribution >= 0.6 is 0 Å². The predicted octanol–water partition coefficient (Wildman–Crippen LogP) is 3.24. The summed E-state index contributed by atoms with van der Waals surface area (Å²) in [4.78, 5) is 20.8. The van der Waals surface area contributed by atoms with Crippen molar-refractivity contribution in [2.75, 3.05) is 6.54 Å². The van der Waals surface area contributed by atoms with Crippen LogP contribution in [-0.4, -0.2) is 31.4 Å². The normalized spacial score (nSPS) is 10.9. The summed E-state index contributed by atoms with van der Waals surface area (Å²) in [5, 5.41) is 2.93. The molecular weight excluding hydrogens is 366 g/mol. The molecule has 3 heterocycles. The number of fused-ring (bicyclic) bond motifs is 1. The van der Waals surface area contributed by atoms with Crippen LogP contribution in [-0.2, 0) is 13.2 Å². The minimum absolute atomic E-state index is 0.0852. The first-order valence-electron chi connectivity index (χ1n) is 9.59. The number of carbonyl (C=O) groups excluding carboxylic acids is 1. The Kier molecular flexibility index (Phi) is 5.56. The Hall–Kier alpha value is -3.61. The topological polar surface area (TPSA) is 73.5 Å². The largest absolute Gasteiger partial charge is 0.487 e. The number of hydrogen-bond acceptors (Lipinski definition) is 4. The molecule has 1 N–H and O–H groups in total. The van der Waals surface area contributed by atoms with Gasteiger partial charge >= 0.3 is 0 Å². The Morgan fingerprint density at radius 3 is 2.79 bits per heavy atom. The van der Waals surface area contributed by atoms with Gasteiger partial charge in [-0.05, 0) is 49.2 Å². The number of aromatic nitrogens is 4. The van der Waals surface area contributed by atoms with Gasteiger partial charge in [-0.25, -0.2) is 9.97 Å². The number of aryl methyl sites for hydroxylation is 2. The highest BCUT2D eigenvalue weighted by molar-refractivity contribution is 5.94. The van der Waals surface area contributed by atoms with E-state index in [1.807, 2.05) is 46.6 Å². The third-order valence-corrected chi connectivity index (χ3v) is 4.67. The summed E-state index contributed by atoms with van der Waals surface area (Å²) < 4.78 is 9.80. The zero-order valence-electron chi connectivity index (χ0n) is 16.3. The minimum Gasteiger partial charge on any atom is -0.487 e. The molecule has 0 atom stereocenters. The van der Waals surface area contributed by atoms with E-state index in [0.717, 1.165) is 29.9 Å². The van der Waals surface area contributed by atoms with E-state index in [0.29, 0.717) is 24.5 Å². The summed E-state index contributed by atoms with van der Waals surface area (Å²) in [5.74, 6) is 0.619. The first kappa shape index (κ1) is 18.7.